The summed E-state index contributed by atoms with van der Waals surface area (Å²) < 4.78 is 2.01. The number of rotatable bonds is 2. The van der Waals surface area contributed by atoms with Crippen molar-refractivity contribution in [1.82, 2.24) is 9.55 Å². The first-order valence-corrected chi connectivity index (χ1v) is 6.25. The maximum absolute atomic E-state index is 11.8. The Bertz CT molecular complexity index is 776. The quantitative estimate of drug-likeness (QED) is 0.701. The maximum Gasteiger partial charge on any atom is 0.191 e. The highest BCUT2D eigenvalue weighted by molar-refractivity contribution is 5.74. The van der Waals surface area contributed by atoms with Gasteiger partial charge in [0, 0.05) is 24.5 Å². The molecule has 0 aliphatic rings. The molecular weight excluding hydrogens is 236 g/mol. The van der Waals surface area contributed by atoms with Crippen molar-refractivity contribution in [1.29, 1.82) is 0 Å². The smallest absolute Gasteiger partial charge is 0.191 e. The molecule has 3 aromatic rings. The Labute approximate surface area is 111 Å². The lowest BCUT2D eigenvalue weighted by Gasteiger charge is -2.10. The van der Waals surface area contributed by atoms with Crippen LogP contribution in [0.4, 0.5) is 0 Å². The molecule has 0 radical (unpaired) electrons. The van der Waals surface area contributed by atoms with Crippen molar-refractivity contribution in [3.8, 4) is 0 Å². The van der Waals surface area contributed by atoms with Crippen molar-refractivity contribution in [3.05, 3.63) is 76.2 Å². The van der Waals surface area contributed by atoms with Crippen molar-refractivity contribution >= 4 is 11.0 Å². The van der Waals surface area contributed by atoms with Crippen molar-refractivity contribution in [3.63, 3.8) is 0 Å². The number of fused-ring (bicyclic) bond motifs is 1. The van der Waals surface area contributed by atoms with E-state index in [1.807, 2.05) is 48.0 Å². The lowest BCUT2D eigenvalue weighted by molar-refractivity contribution is 0.811. The summed E-state index contributed by atoms with van der Waals surface area (Å²) in [6.45, 7) is 2.65. The van der Waals surface area contributed by atoms with Crippen molar-refractivity contribution in [2.45, 2.75) is 13.5 Å². The predicted molar refractivity (Wildman–Crippen MR) is 76.3 cm³/mol. The Kier molecular flexibility index (Phi) is 2.88. The zero-order valence-electron chi connectivity index (χ0n) is 10.7. The Hall–Kier alpha value is -2.42. The van der Waals surface area contributed by atoms with E-state index in [0.717, 1.165) is 11.3 Å². The van der Waals surface area contributed by atoms with Gasteiger partial charge in [-0.2, -0.15) is 0 Å². The number of nitrogens with zero attached hydrogens (tertiary/aromatic N) is 2. The fraction of sp³-hybridized carbons (Fsp3) is 0.125. The Morgan fingerprint density at radius 3 is 2.63 bits per heavy atom. The SMILES string of the molecule is Cc1ccc2c(=O)ccn(Cc3ccccc3)c2n1. The van der Waals surface area contributed by atoms with E-state index in [-0.39, 0.29) is 5.43 Å². The second-order valence-electron chi connectivity index (χ2n) is 4.62. The van der Waals surface area contributed by atoms with Crippen LogP contribution < -0.4 is 5.43 Å². The van der Waals surface area contributed by atoms with Crippen LogP contribution in [0.25, 0.3) is 11.0 Å². The molecule has 0 unspecified atom stereocenters. The molecule has 0 fully saturated rings. The minimum Gasteiger partial charge on any atom is -0.328 e. The predicted octanol–water partition coefficient (Wildman–Crippen LogP) is 2.75. The molecule has 1 aromatic carbocycles. The van der Waals surface area contributed by atoms with E-state index in [2.05, 4.69) is 17.1 Å². The molecule has 3 rings (SSSR count). The molecule has 0 saturated heterocycles. The van der Waals surface area contributed by atoms with Gasteiger partial charge in [-0.1, -0.05) is 30.3 Å². The van der Waals surface area contributed by atoms with Gasteiger partial charge in [-0.3, -0.25) is 4.79 Å². The third kappa shape index (κ3) is 2.27. The van der Waals surface area contributed by atoms with Gasteiger partial charge < -0.3 is 4.57 Å². The third-order valence-corrected chi connectivity index (χ3v) is 3.15. The van der Waals surface area contributed by atoms with Gasteiger partial charge in [0.15, 0.2) is 5.43 Å². The molecular formula is C16H14N2O. The summed E-state index contributed by atoms with van der Waals surface area (Å²) in [7, 11) is 0. The van der Waals surface area contributed by atoms with E-state index in [1.165, 1.54) is 5.56 Å². The van der Waals surface area contributed by atoms with Gasteiger partial charge in [0.25, 0.3) is 0 Å². The highest BCUT2D eigenvalue weighted by Gasteiger charge is 2.04. The van der Waals surface area contributed by atoms with Gasteiger partial charge in [-0.25, -0.2) is 4.98 Å². The highest BCUT2D eigenvalue weighted by atomic mass is 16.1. The molecule has 0 spiro atoms. The normalized spacial score (nSPS) is 10.8. The fourth-order valence-corrected chi connectivity index (χ4v) is 2.18. The first-order chi connectivity index (χ1) is 9.24. The van der Waals surface area contributed by atoms with Crippen LogP contribution in [0.3, 0.4) is 0 Å². The van der Waals surface area contributed by atoms with E-state index in [4.69, 9.17) is 0 Å². The van der Waals surface area contributed by atoms with Crippen LogP contribution in [0, 0.1) is 6.92 Å². The summed E-state index contributed by atoms with van der Waals surface area (Å²) >= 11 is 0. The first kappa shape index (κ1) is 11.7. The van der Waals surface area contributed by atoms with E-state index < -0.39 is 0 Å². The van der Waals surface area contributed by atoms with Crippen LogP contribution >= 0.6 is 0 Å². The topological polar surface area (TPSA) is 34.9 Å². The summed E-state index contributed by atoms with van der Waals surface area (Å²) in [5.41, 5.74) is 2.87. The lowest BCUT2D eigenvalue weighted by atomic mass is 10.2. The summed E-state index contributed by atoms with van der Waals surface area (Å²) in [6.07, 6.45) is 1.81. The van der Waals surface area contributed by atoms with Crippen molar-refractivity contribution in [2.75, 3.05) is 0 Å². The van der Waals surface area contributed by atoms with Crippen molar-refractivity contribution < 1.29 is 0 Å². The lowest BCUT2D eigenvalue weighted by Crippen LogP contribution is -2.10. The number of pyridine rings is 2. The third-order valence-electron chi connectivity index (χ3n) is 3.15. The van der Waals surface area contributed by atoms with Crippen LogP contribution in [-0.4, -0.2) is 9.55 Å². The van der Waals surface area contributed by atoms with Crippen LogP contribution in [-0.2, 0) is 6.54 Å². The molecule has 0 aliphatic carbocycles. The fourth-order valence-electron chi connectivity index (χ4n) is 2.18. The van der Waals surface area contributed by atoms with Crippen LogP contribution in [0.15, 0.2) is 59.5 Å². The van der Waals surface area contributed by atoms with Gasteiger partial charge in [0.2, 0.25) is 0 Å². The van der Waals surface area contributed by atoms with Gasteiger partial charge in [0.05, 0.1) is 5.39 Å². The number of benzene rings is 1. The molecule has 2 aromatic heterocycles. The minimum absolute atomic E-state index is 0.0202. The Balaban J connectivity index is 2.16. The molecule has 0 aliphatic heterocycles. The molecule has 2 heterocycles. The van der Waals surface area contributed by atoms with E-state index in [9.17, 15) is 4.79 Å². The van der Waals surface area contributed by atoms with Crippen LogP contribution in [0.5, 0.6) is 0 Å². The average Bonchev–Trinajstić information content (AvgIpc) is 2.43. The summed E-state index contributed by atoms with van der Waals surface area (Å²) in [6, 6.07) is 15.5. The van der Waals surface area contributed by atoms with E-state index in [0.29, 0.717) is 11.9 Å². The zero-order valence-corrected chi connectivity index (χ0v) is 10.7. The zero-order chi connectivity index (χ0) is 13.2. The molecule has 0 bridgehead atoms. The molecule has 3 heteroatoms. The van der Waals surface area contributed by atoms with E-state index in [1.54, 1.807) is 6.07 Å². The van der Waals surface area contributed by atoms with Gasteiger partial charge in [0.1, 0.15) is 5.65 Å². The second-order valence-corrected chi connectivity index (χ2v) is 4.62. The number of aromatic nitrogens is 2. The van der Waals surface area contributed by atoms with Gasteiger partial charge in [-0.15, -0.1) is 0 Å². The molecule has 0 N–H and O–H groups in total. The molecule has 3 nitrogen and oxygen atoms in total. The van der Waals surface area contributed by atoms with Crippen LogP contribution in [0.2, 0.25) is 0 Å². The summed E-state index contributed by atoms with van der Waals surface area (Å²) in [4.78, 5) is 16.3. The highest BCUT2D eigenvalue weighted by Crippen LogP contribution is 2.11. The van der Waals surface area contributed by atoms with Gasteiger partial charge >= 0.3 is 0 Å². The molecule has 94 valence electrons. The Morgan fingerprint density at radius 2 is 1.84 bits per heavy atom. The number of aryl methyl sites for hydroxylation is 1. The number of hydrogen-bond donors (Lipinski definition) is 0. The molecule has 0 amide bonds. The molecule has 0 saturated carbocycles. The number of hydrogen-bond acceptors (Lipinski definition) is 2. The van der Waals surface area contributed by atoms with Crippen molar-refractivity contribution in [2.24, 2.45) is 0 Å². The average molecular weight is 250 g/mol. The van der Waals surface area contributed by atoms with Crippen LogP contribution in [0.1, 0.15) is 11.3 Å². The Morgan fingerprint density at radius 1 is 1.05 bits per heavy atom. The summed E-state index contributed by atoms with van der Waals surface area (Å²) in [5, 5.41) is 0.670. The monoisotopic (exact) mass is 250 g/mol. The first-order valence-electron chi connectivity index (χ1n) is 6.25. The second kappa shape index (κ2) is 4.69. The van der Waals surface area contributed by atoms with E-state index >= 15 is 0 Å². The maximum atomic E-state index is 11.8. The largest absolute Gasteiger partial charge is 0.328 e. The molecule has 19 heavy (non-hydrogen) atoms. The van der Waals surface area contributed by atoms with Gasteiger partial charge in [-0.05, 0) is 24.6 Å². The molecule has 0 atom stereocenters. The standard InChI is InChI=1S/C16H14N2O/c1-12-7-8-14-15(19)9-10-18(16(14)17-12)11-13-5-3-2-4-6-13/h2-10H,11H2,1H3. The minimum atomic E-state index is 0.0202. The summed E-state index contributed by atoms with van der Waals surface area (Å²) in [5.74, 6) is 0.